The molecule has 0 spiro atoms. The predicted molar refractivity (Wildman–Crippen MR) is 115 cm³/mol. The van der Waals surface area contributed by atoms with Gasteiger partial charge in [0, 0.05) is 24.0 Å². The highest BCUT2D eigenvalue weighted by Crippen LogP contribution is 2.31. The summed E-state index contributed by atoms with van der Waals surface area (Å²) in [4.78, 5) is 24.8. The summed E-state index contributed by atoms with van der Waals surface area (Å²) in [6.45, 7) is 0. The van der Waals surface area contributed by atoms with E-state index in [-0.39, 0.29) is 35.8 Å². The number of ether oxygens (including phenoxy) is 2. The van der Waals surface area contributed by atoms with Gasteiger partial charge in [0.15, 0.2) is 17.3 Å². The van der Waals surface area contributed by atoms with Crippen LogP contribution in [0.3, 0.4) is 0 Å². The maximum atomic E-state index is 12.6. The number of Topliss-reactive ketones (excluding diaryl/α,β-unsaturated/α-hetero) is 2. The lowest BCUT2D eigenvalue weighted by Crippen LogP contribution is -2.06. The number of methoxy groups -OCH3 is 1. The van der Waals surface area contributed by atoms with Crippen LogP contribution in [0.25, 0.3) is 0 Å². The van der Waals surface area contributed by atoms with E-state index in [2.05, 4.69) is 0 Å². The van der Waals surface area contributed by atoms with Crippen LogP contribution >= 0.6 is 0 Å². The molecule has 0 aromatic heterocycles. The van der Waals surface area contributed by atoms with Gasteiger partial charge in [0.25, 0.3) is 0 Å². The van der Waals surface area contributed by atoms with Gasteiger partial charge in [-0.05, 0) is 67.1 Å². The van der Waals surface area contributed by atoms with Crippen LogP contribution in [0.15, 0.2) is 66.7 Å². The molecule has 0 aliphatic carbocycles. The third-order valence-corrected chi connectivity index (χ3v) is 4.65. The normalized spacial score (nSPS) is 10.4. The Labute approximate surface area is 174 Å². The van der Waals surface area contributed by atoms with Crippen molar-refractivity contribution >= 4 is 17.3 Å². The Kier molecular flexibility index (Phi) is 6.70. The molecule has 0 atom stereocenters. The number of phenols is 1. The minimum absolute atomic E-state index is 0.0765. The summed E-state index contributed by atoms with van der Waals surface area (Å²) in [5.74, 6) is 1.56. The third-order valence-electron chi connectivity index (χ3n) is 4.65. The molecule has 6 heteroatoms. The van der Waals surface area contributed by atoms with Crippen molar-refractivity contribution in [1.29, 1.82) is 0 Å². The first-order valence-electron chi connectivity index (χ1n) is 9.54. The molecular weight excluding hydrogens is 382 g/mol. The summed E-state index contributed by atoms with van der Waals surface area (Å²) < 4.78 is 10.9. The Hall–Kier alpha value is -3.80. The molecule has 0 saturated carbocycles. The van der Waals surface area contributed by atoms with E-state index < -0.39 is 0 Å². The molecule has 3 aromatic carbocycles. The lowest BCUT2D eigenvalue weighted by molar-refractivity contribution is 0.0957. The fourth-order valence-corrected chi connectivity index (χ4v) is 2.98. The molecule has 6 nitrogen and oxygen atoms in total. The third kappa shape index (κ3) is 5.17. The molecule has 0 aliphatic heterocycles. The van der Waals surface area contributed by atoms with E-state index >= 15 is 0 Å². The number of hydrogen-bond donors (Lipinski definition) is 2. The molecule has 0 fully saturated rings. The Morgan fingerprint density at radius 1 is 0.867 bits per heavy atom. The van der Waals surface area contributed by atoms with Gasteiger partial charge in [-0.1, -0.05) is 6.07 Å². The van der Waals surface area contributed by atoms with Gasteiger partial charge in [-0.2, -0.15) is 0 Å². The molecule has 0 bridgehead atoms. The van der Waals surface area contributed by atoms with E-state index in [9.17, 15) is 14.7 Å². The Bertz CT molecular complexity index is 1030. The number of benzene rings is 3. The molecule has 0 aliphatic rings. The van der Waals surface area contributed by atoms with Crippen LogP contribution in [0.4, 0.5) is 5.69 Å². The van der Waals surface area contributed by atoms with Crippen molar-refractivity contribution in [2.45, 2.75) is 19.3 Å². The number of carbonyl (C=O) groups is 2. The van der Waals surface area contributed by atoms with Crippen LogP contribution in [-0.2, 0) is 0 Å². The van der Waals surface area contributed by atoms with Crippen molar-refractivity contribution in [3.63, 3.8) is 0 Å². The average Bonchev–Trinajstić information content (AvgIpc) is 2.76. The Morgan fingerprint density at radius 3 is 2.17 bits per heavy atom. The highest BCUT2D eigenvalue weighted by atomic mass is 16.5. The summed E-state index contributed by atoms with van der Waals surface area (Å²) >= 11 is 0. The van der Waals surface area contributed by atoms with Crippen molar-refractivity contribution in [1.82, 2.24) is 0 Å². The summed E-state index contributed by atoms with van der Waals surface area (Å²) in [7, 11) is 1.58. The number of carbonyl (C=O) groups excluding carboxylic acids is 2. The SMILES string of the molecule is COc1ccc(Oc2cccc(C(=O)CCCC(=O)c3ccc(O)cc3)c2N)cc1. The van der Waals surface area contributed by atoms with E-state index in [1.165, 1.54) is 12.1 Å². The summed E-state index contributed by atoms with van der Waals surface area (Å²) in [6.07, 6.45) is 0.833. The minimum Gasteiger partial charge on any atom is -0.508 e. The first-order valence-corrected chi connectivity index (χ1v) is 9.54. The zero-order valence-corrected chi connectivity index (χ0v) is 16.6. The van der Waals surface area contributed by atoms with E-state index in [0.29, 0.717) is 34.8 Å². The Balaban J connectivity index is 1.61. The molecule has 0 unspecified atom stereocenters. The maximum absolute atomic E-state index is 12.6. The van der Waals surface area contributed by atoms with Crippen molar-refractivity contribution in [2.75, 3.05) is 12.8 Å². The fourth-order valence-electron chi connectivity index (χ4n) is 2.98. The number of rotatable bonds is 9. The van der Waals surface area contributed by atoms with E-state index in [4.69, 9.17) is 15.2 Å². The zero-order valence-electron chi connectivity index (χ0n) is 16.6. The van der Waals surface area contributed by atoms with Crippen molar-refractivity contribution in [3.8, 4) is 23.0 Å². The monoisotopic (exact) mass is 405 g/mol. The number of ketones is 2. The molecule has 0 amide bonds. The second-order valence-corrected chi connectivity index (χ2v) is 6.74. The van der Waals surface area contributed by atoms with Gasteiger partial charge < -0.3 is 20.3 Å². The second kappa shape index (κ2) is 9.60. The van der Waals surface area contributed by atoms with Crippen molar-refractivity contribution < 1.29 is 24.2 Å². The molecular formula is C24H23NO5. The highest BCUT2D eigenvalue weighted by Gasteiger charge is 2.15. The number of hydrogen-bond acceptors (Lipinski definition) is 6. The number of para-hydroxylation sites is 1. The summed E-state index contributed by atoms with van der Waals surface area (Å²) in [5, 5.41) is 9.29. The first-order chi connectivity index (χ1) is 14.5. The Morgan fingerprint density at radius 2 is 1.50 bits per heavy atom. The number of nitrogen functional groups attached to an aromatic ring is 1. The fraction of sp³-hybridized carbons (Fsp3) is 0.167. The van der Waals surface area contributed by atoms with E-state index in [1.54, 1.807) is 61.7 Å². The van der Waals surface area contributed by atoms with Crippen LogP contribution in [0, 0.1) is 0 Å². The van der Waals surface area contributed by atoms with Gasteiger partial charge in [0.05, 0.1) is 12.8 Å². The highest BCUT2D eigenvalue weighted by molar-refractivity contribution is 6.02. The van der Waals surface area contributed by atoms with E-state index in [0.717, 1.165) is 0 Å². The van der Waals surface area contributed by atoms with Crippen LogP contribution < -0.4 is 15.2 Å². The predicted octanol–water partition coefficient (Wildman–Crippen LogP) is 5.01. The number of aromatic hydroxyl groups is 1. The quantitative estimate of drug-likeness (QED) is 0.383. The summed E-state index contributed by atoms with van der Waals surface area (Å²) in [6, 6.07) is 18.2. The molecule has 0 heterocycles. The van der Waals surface area contributed by atoms with Crippen LogP contribution in [0.1, 0.15) is 40.0 Å². The first kappa shape index (κ1) is 20.9. The molecule has 3 aromatic rings. The van der Waals surface area contributed by atoms with Crippen LogP contribution in [0.2, 0.25) is 0 Å². The molecule has 3 rings (SSSR count). The lowest BCUT2D eigenvalue weighted by atomic mass is 10.0. The van der Waals surface area contributed by atoms with Crippen LogP contribution in [-0.4, -0.2) is 23.8 Å². The van der Waals surface area contributed by atoms with E-state index in [1.807, 2.05) is 0 Å². The zero-order chi connectivity index (χ0) is 21.5. The van der Waals surface area contributed by atoms with Gasteiger partial charge in [-0.15, -0.1) is 0 Å². The average molecular weight is 405 g/mol. The number of nitrogens with two attached hydrogens (primary N) is 1. The molecule has 154 valence electrons. The van der Waals surface area contributed by atoms with Gasteiger partial charge >= 0.3 is 0 Å². The van der Waals surface area contributed by atoms with Gasteiger partial charge in [0.2, 0.25) is 0 Å². The largest absolute Gasteiger partial charge is 0.508 e. The second-order valence-electron chi connectivity index (χ2n) is 6.74. The van der Waals surface area contributed by atoms with Crippen molar-refractivity contribution in [3.05, 3.63) is 77.9 Å². The molecule has 30 heavy (non-hydrogen) atoms. The summed E-state index contributed by atoms with van der Waals surface area (Å²) in [5.41, 5.74) is 7.31. The van der Waals surface area contributed by atoms with Gasteiger partial charge in [0.1, 0.15) is 17.2 Å². The van der Waals surface area contributed by atoms with Crippen LogP contribution in [0.5, 0.6) is 23.0 Å². The molecule has 0 saturated heterocycles. The smallest absolute Gasteiger partial charge is 0.165 e. The number of anilines is 1. The topological polar surface area (TPSA) is 98.8 Å². The lowest BCUT2D eigenvalue weighted by Gasteiger charge is -2.12. The molecule has 0 radical (unpaired) electrons. The van der Waals surface area contributed by atoms with Gasteiger partial charge in [-0.25, -0.2) is 0 Å². The maximum Gasteiger partial charge on any atom is 0.165 e. The molecule has 3 N–H and O–H groups in total. The minimum atomic E-state index is -0.147. The standard InChI is InChI=1S/C24H23NO5/c1-29-18-12-14-19(15-13-18)30-23-7-2-4-20(24(23)25)22(28)6-3-5-21(27)16-8-10-17(26)11-9-16/h2,4,7-15,26H,3,5-6,25H2,1H3. The number of phenolic OH excluding ortho intramolecular Hbond substituents is 1. The van der Waals surface area contributed by atoms with Crippen molar-refractivity contribution in [2.24, 2.45) is 0 Å². The van der Waals surface area contributed by atoms with Gasteiger partial charge in [-0.3, -0.25) is 9.59 Å².